The van der Waals surface area contributed by atoms with E-state index < -0.39 is 0 Å². The Kier molecular flexibility index (Phi) is 4.60. The number of rotatable bonds is 6. The van der Waals surface area contributed by atoms with Crippen molar-refractivity contribution in [3.05, 3.63) is 23.8 Å². The predicted octanol–water partition coefficient (Wildman–Crippen LogP) is 2.16. The standard InChI is InChI=1S/C18H27N3O2/c1-4-15-18(22)21(10-9-20(2)3)14-11-13(7-8-16(14)23-15)17(19)12-5-6-12/h7-8,11-12,15,17H,4-6,9-10,19H2,1-3H3. The Morgan fingerprint density at radius 2 is 2.13 bits per heavy atom. The largest absolute Gasteiger partial charge is 0.478 e. The quantitative estimate of drug-likeness (QED) is 0.873. The molecular weight excluding hydrogens is 290 g/mol. The van der Waals surface area contributed by atoms with E-state index in [-0.39, 0.29) is 18.1 Å². The summed E-state index contributed by atoms with van der Waals surface area (Å²) in [7, 11) is 4.03. The first-order chi connectivity index (χ1) is 11.0. The molecule has 1 aliphatic carbocycles. The molecule has 1 amide bonds. The molecule has 5 nitrogen and oxygen atoms in total. The van der Waals surface area contributed by atoms with Gasteiger partial charge < -0.3 is 20.3 Å². The Morgan fingerprint density at radius 3 is 2.74 bits per heavy atom. The Hall–Kier alpha value is -1.59. The molecule has 0 spiro atoms. The van der Waals surface area contributed by atoms with E-state index in [9.17, 15) is 4.79 Å². The molecule has 1 saturated carbocycles. The number of hydrogen-bond donors (Lipinski definition) is 1. The first kappa shape index (κ1) is 16.3. The molecule has 2 aliphatic rings. The van der Waals surface area contributed by atoms with E-state index >= 15 is 0 Å². The van der Waals surface area contributed by atoms with Crippen LogP contribution in [0.2, 0.25) is 0 Å². The minimum Gasteiger partial charge on any atom is -0.478 e. The third-order valence-corrected chi connectivity index (χ3v) is 4.74. The van der Waals surface area contributed by atoms with Gasteiger partial charge in [0.25, 0.3) is 5.91 Å². The van der Waals surface area contributed by atoms with Crippen molar-refractivity contribution in [3.8, 4) is 5.75 Å². The van der Waals surface area contributed by atoms with Crippen LogP contribution in [0.3, 0.4) is 0 Å². The molecule has 0 aromatic heterocycles. The summed E-state index contributed by atoms with van der Waals surface area (Å²) in [6.45, 7) is 3.47. The number of carbonyl (C=O) groups excluding carboxylic acids is 1. The van der Waals surface area contributed by atoms with Crippen LogP contribution in [0.5, 0.6) is 5.75 Å². The van der Waals surface area contributed by atoms with E-state index in [1.807, 2.05) is 32.0 Å². The average Bonchev–Trinajstić information content (AvgIpc) is 3.37. The summed E-state index contributed by atoms with van der Waals surface area (Å²) < 4.78 is 5.90. The maximum Gasteiger partial charge on any atom is 0.268 e. The van der Waals surface area contributed by atoms with Gasteiger partial charge in [-0.05, 0) is 57.0 Å². The number of hydrogen-bond acceptors (Lipinski definition) is 4. The van der Waals surface area contributed by atoms with Gasteiger partial charge >= 0.3 is 0 Å². The van der Waals surface area contributed by atoms with Gasteiger partial charge in [-0.15, -0.1) is 0 Å². The summed E-state index contributed by atoms with van der Waals surface area (Å²) in [5, 5.41) is 0. The van der Waals surface area contributed by atoms with Gasteiger partial charge in [0.05, 0.1) is 5.69 Å². The number of carbonyl (C=O) groups is 1. The van der Waals surface area contributed by atoms with Crippen molar-refractivity contribution in [1.29, 1.82) is 0 Å². The molecule has 3 rings (SSSR count). The third kappa shape index (κ3) is 3.35. The lowest BCUT2D eigenvalue weighted by atomic mass is 10.0. The van der Waals surface area contributed by atoms with Gasteiger partial charge in [0.15, 0.2) is 6.10 Å². The summed E-state index contributed by atoms with van der Waals surface area (Å²) in [5.41, 5.74) is 8.31. The van der Waals surface area contributed by atoms with Crippen molar-refractivity contribution >= 4 is 11.6 Å². The second-order valence-corrected chi connectivity index (χ2v) is 6.90. The summed E-state index contributed by atoms with van der Waals surface area (Å²) in [4.78, 5) is 16.7. The molecule has 1 aliphatic heterocycles. The van der Waals surface area contributed by atoms with Gasteiger partial charge in [0.1, 0.15) is 5.75 Å². The minimum absolute atomic E-state index is 0.0546. The summed E-state index contributed by atoms with van der Waals surface area (Å²) in [6.07, 6.45) is 2.71. The molecule has 0 saturated heterocycles. The lowest BCUT2D eigenvalue weighted by Crippen LogP contribution is -2.48. The smallest absolute Gasteiger partial charge is 0.268 e. The number of anilines is 1. The van der Waals surface area contributed by atoms with Crippen molar-refractivity contribution in [1.82, 2.24) is 4.90 Å². The number of amides is 1. The highest BCUT2D eigenvalue weighted by atomic mass is 16.5. The maximum atomic E-state index is 12.7. The van der Waals surface area contributed by atoms with Crippen LogP contribution in [-0.2, 0) is 4.79 Å². The fraction of sp³-hybridized carbons (Fsp3) is 0.611. The van der Waals surface area contributed by atoms with Crippen LogP contribution in [0.25, 0.3) is 0 Å². The van der Waals surface area contributed by atoms with Gasteiger partial charge in [-0.3, -0.25) is 4.79 Å². The Bertz CT molecular complexity index is 584. The molecular formula is C18H27N3O2. The zero-order chi connectivity index (χ0) is 16.6. The van der Waals surface area contributed by atoms with E-state index in [1.165, 1.54) is 12.8 Å². The number of ether oxygens (including phenoxy) is 1. The molecule has 1 aromatic rings. The van der Waals surface area contributed by atoms with Crippen molar-refractivity contribution < 1.29 is 9.53 Å². The molecule has 23 heavy (non-hydrogen) atoms. The molecule has 0 radical (unpaired) electrons. The number of nitrogens with zero attached hydrogens (tertiary/aromatic N) is 2. The van der Waals surface area contributed by atoms with Crippen LogP contribution in [-0.4, -0.2) is 44.1 Å². The summed E-state index contributed by atoms with van der Waals surface area (Å²) >= 11 is 0. The van der Waals surface area contributed by atoms with Gasteiger partial charge in [0, 0.05) is 19.1 Å². The number of fused-ring (bicyclic) bond motifs is 1. The topological polar surface area (TPSA) is 58.8 Å². The zero-order valence-electron chi connectivity index (χ0n) is 14.3. The van der Waals surface area contributed by atoms with Crippen molar-refractivity contribution in [2.75, 3.05) is 32.1 Å². The Balaban J connectivity index is 1.91. The Labute approximate surface area is 138 Å². The molecule has 2 atom stereocenters. The molecule has 2 N–H and O–H groups in total. The molecule has 1 heterocycles. The van der Waals surface area contributed by atoms with Gasteiger partial charge in [-0.1, -0.05) is 13.0 Å². The normalized spacial score (nSPS) is 22.0. The van der Waals surface area contributed by atoms with Gasteiger partial charge in [-0.25, -0.2) is 0 Å². The molecule has 1 aromatic carbocycles. The van der Waals surface area contributed by atoms with Crippen molar-refractivity contribution in [2.24, 2.45) is 11.7 Å². The maximum absolute atomic E-state index is 12.7. The molecule has 1 fully saturated rings. The fourth-order valence-corrected chi connectivity index (χ4v) is 3.06. The molecule has 0 bridgehead atoms. The van der Waals surface area contributed by atoms with E-state index in [2.05, 4.69) is 17.0 Å². The van der Waals surface area contributed by atoms with Crippen molar-refractivity contribution in [3.63, 3.8) is 0 Å². The highest BCUT2D eigenvalue weighted by Crippen LogP contribution is 2.42. The number of benzene rings is 1. The molecule has 5 heteroatoms. The van der Waals surface area contributed by atoms with E-state index in [4.69, 9.17) is 10.5 Å². The van der Waals surface area contributed by atoms with E-state index in [0.29, 0.717) is 18.9 Å². The van der Waals surface area contributed by atoms with E-state index in [0.717, 1.165) is 23.5 Å². The third-order valence-electron chi connectivity index (χ3n) is 4.74. The first-order valence-corrected chi connectivity index (χ1v) is 8.53. The monoisotopic (exact) mass is 317 g/mol. The predicted molar refractivity (Wildman–Crippen MR) is 91.7 cm³/mol. The van der Waals surface area contributed by atoms with Gasteiger partial charge in [-0.2, -0.15) is 0 Å². The minimum atomic E-state index is -0.382. The highest BCUT2D eigenvalue weighted by Gasteiger charge is 2.35. The van der Waals surface area contributed by atoms with Crippen LogP contribution < -0.4 is 15.4 Å². The van der Waals surface area contributed by atoms with Crippen molar-refractivity contribution in [2.45, 2.75) is 38.3 Å². The number of nitrogens with two attached hydrogens (primary N) is 1. The highest BCUT2D eigenvalue weighted by molar-refractivity contribution is 6.00. The van der Waals surface area contributed by atoms with Crippen LogP contribution in [0, 0.1) is 5.92 Å². The zero-order valence-corrected chi connectivity index (χ0v) is 14.3. The summed E-state index contributed by atoms with van der Waals surface area (Å²) in [5.74, 6) is 1.44. The van der Waals surface area contributed by atoms with Crippen LogP contribution in [0.15, 0.2) is 18.2 Å². The second kappa shape index (κ2) is 6.49. The first-order valence-electron chi connectivity index (χ1n) is 8.53. The van der Waals surface area contributed by atoms with Crippen LogP contribution in [0.4, 0.5) is 5.69 Å². The van der Waals surface area contributed by atoms with Crippen LogP contribution in [0.1, 0.15) is 37.8 Å². The lowest BCUT2D eigenvalue weighted by Gasteiger charge is -2.35. The molecule has 2 unspecified atom stereocenters. The lowest BCUT2D eigenvalue weighted by molar-refractivity contribution is -0.126. The van der Waals surface area contributed by atoms with E-state index in [1.54, 1.807) is 0 Å². The second-order valence-electron chi connectivity index (χ2n) is 6.90. The average molecular weight is 317 g/mol. The van der Waals surface area contributed by atoms with Crippen LogP contribution >= 0.6 is 0 Å². The summed E-state index contributed by atoms with van der Waals surface area (Å²) in [6, 6.07) is 6.15. The Morgan fingerprint density at radius 1 is 1.39 bits per heavy atom. The molecule has 126 valence electrons. The fourth-order valence-electron chi connectivity index (χ4n) is 3.06. The van der Waals surface area contributed by atoms with Gasteiger partial charge in [0.2, 0.25) is 0 Å². The number of likely N-dealkylation sites (N-methyl/N-ethyl adjacent to an activating group) is 1. The SMILES string of the molecule is CCC1Oc2ccc(C(N)C3CC3)cc2N(CCN(C)C)C1=O.